The van der Waals surface area contributed by atoms with Gasteiger partial charge in [0.05, 0.1) is 25.4 Å². The second-order valence-corrected chi connectivity index (χ2v) is 5.40. The number of hydrogen-bond donors (Lipinski definition) is 1. The predicted octanol–water partition coefficient (Wildman–Crippen LogP) is 2.49. The lowest BCUT2D eigenvalue weighted by Gasteiger charge is -2.29. The first-order valence-corrected chi connectivity index (χ1v) is 7.33. The van der Waals surface area contributed by atoms with Crippen molar-refractivity contribution in [2.45, 2.75) is 51.7 Å². The summed E-state index contributed by atoms with van der Waals surface area (Å²) in [5, 5.41) is 9.71. The minimum absolute atomic E-state index is 0.264. The fourth-order valence-corrected chi connectivity index (χ4v) is 3.19. The number of rotatable bonds is 6. The molecule has 0 aromatic rings. The summed E-state index contributed by atoms with van der Waals surface area (Å²) in [6, 6.07) is 0. The first-order valence-electron chi connectivity index (χ1n) is 5.87. The Hall–Kier alpha value is 0.0700. The molecule has 1 aliphatic rings. The summed E-state index contributed by atoms with van der Waals surface area (Å²) in [6.45, 7) is 3.98. The molecule has 0 saturated heterocycles. The van der Waals surface area contributed by atoms with Crippen molar-refractivity contribution in [2.24, 2.45) is 0 Å². The number of phosphoric acid groups is 1. The average molecular weight is 252 g/mol. The molecule has 5 nitrogen and oxygen atoms in total. The van der Waals surface area contributed by atoms with Gasteiger partial charge in [0, 0.05) is 0 Å². The van der Waals surface area contributed by atoms with E-state index in [0.29, 0.717) is 12.8 Å². The Labute approximate surface area is 96.7 Å². The Kier molecular flexibility index (Phi) is 5.94. The molecule has 0 bridgehead atoms. The molecule has 0 spiro atoms. The molecule has 2 atom stereocenters. The van der Waals surface area contributed by atoms with Crippen LogP contribution in [0.15, 0.2) is 0 Å². The van der Waals surface area contributed by atoms with Gasteiger partial charge in [-0.25, -0.2) is 4.57 Å². The van der Waals surface area contributed by atoms with Crippen LogP contribution in [-0.2, 0) is 18.1 Å². The topological polar surface area (TPSA) is 65.0 Å². The number of aliphatic hydroxyl groups is 1. The predicted molar refractivity (Wildman–Crippen MR) is 60.2 cm³/mol. The van der Waals surface area contributed by atoms with Crippen molar-refractivity contribution < 1.29 is 23.2 Å². The first kappa shape index (κ1) is 14.1. The van der Waals surface area contributed by atoms with Crippen LogP contribution in [0.1, 0.15) is 39.5 Å². The number of phosphoric ester groups is 1. The maximum Gasteiger partial charge on any atom is 0.475 e. The molecule has 0 aromatic heterocycles. The normalized spacial score (nSPS) is 26.9. The molecule has 1 rings (SSSR count). The van der Waals surface area contributed by atoms with Crippen molar-refractivity contribution >= 4 is 7.82 Å². The summed E-state index contributed by atoms with van der Waals surface area (Å²) < 4.78 is 27.4. The van der Waals surface area contributed by atoms with E-state index >= 15 is 0 Å². The Balaban J connectivity index is 2.55. The maximum absolute atomic E-state index is 12.0. The zero-order valence-corrected chi connectivity index (χ0v) is 10.8. The van der Waals surface area contributed by atoms with Crippen molar-refractivity contribution in [3.05, 3.63) is 0 Å². The van der Waals surface area contributed by atoms with Gasteiger partial charge in [0.25, 0.3) is 0 Å². The van der Waals surface area contributed by atoms with Crippen LogP contribution in [-0.4, -0.2) is 30.5 Å². The van der Waals surface area contributed by atoms with Crippen molar-refractivity contribution in [1.29, 1.82) is 0 Å². The second-order valence-electron chi connectivity index (χ2n) is 3.78. The molecule has 0 aromatic carbocycles. The molecular weight excluding hydrogens is 231 g/mol. The third-order valence-corrected chi connectivity index (χ3v) is 4.18. The lowest BCUT2D eigenvalue weighted by atomic mass is 9.95. The van der Waals surface area contributed by atoms with E-state index in [-0.39, 0.29) is 13.2 Å². The average Bonchev–Trinajstić information content (AvgIpc) is 2.22. The van der Waals surface area contributed by atoms with Crippen molar-refractivity contribution in [3.8, 4) is 0 Å². The van der Waals surface area contributed by atoms with E-state index in [1.54, 1.807) is 13.8 Å². The highest BCUT2D eigenvalue weighted by atomic mass is 31.2. The summed E-state index contributed by atoms with van der Waals surface area (Å²) in [7, 11) is -3.49. The monoisotopic (exact) mass is 252 g/mol. The third kappa shape index (κ3) is 4.15. The smallest absolute Gasteiger partial charge is 0.390 e. The third-order valence-electron chi connectivity index (χ3n) is 2.51. The van der Waals surface area contributed by atoms with Gasteiger partial charge in [-0.3, -0.25) is 13.6 Å². The second kappa shape index (κ2) is 6.72. The zero-order valence-electron chi connectivity index (χ0n) is 9.92. The van der Waals surface area contributed by atoms with Crippen molar-refractivity contribution in [3.63, 3.8) is 0 Å². The molecule has 1 fully saturated rings. The lowest BCUT2D eigenvalue weighted by Crippen LogP contribution is -2.31. The van der Waals surface area contributed by atoms with E-state index in [1.165, 1.54) is 0 Å². The molecule has 16 heavy (non-hydrogen) atoms. The maximum atomic E-state index is 12.0. The van der Waals surface area contributed by atoms with Crippen LogP contribution in [0.3, 0.4) is 0 Å². The fourth-order valence-electron chi connectivity index (χ4n) is 1.78. The highest BCUT2D eigenvalue weighted by molar-refractivity contribution is 7.48. The molecule has 1 N–H and O–H groups in total. The van der Waals surface area contributed by atoms with Gasteiger partial charge in [-0.2, -0.15) is 0 Å². The van der Waals surface area contributed by atoms with Gasteiger partial charge in [-0.15, -0.1) is 0 Å². The van der Waals surface area contributed by atoms with Gasteiger partial charge in [0.15, 0.2) is 0 Å². The Morgan fingerprint density at radius 1 is 1.19 bits per heavy atom. The first-order chi connectivity index (χ1) is 7.61. The SMILES string of the molecule is CCOP(=O)(OCC)O[C@H]1CCCC[C@H]1O. The molecule has 1 saturated carbocycles. The van der Waals surface area contributed by atoms with Crippen LogP contribution in [0.2, 0.25) is 0 Å². The van der Waals surface area contributed by atoms with Crippen LogP contribution in [0.5, 0.6) is 0 Å². The Bertz CT molecular complexity index is 235. The van der Waals surface area contributed by atoms with Crippen LogP contribution < -0.4 is 0 Å². The van der Waals surface area contributed by atoms with E-state index < -0.39 is 20.0 Å². The molecule has 1 aliphatic carbocycles. The van der Waals surface area contributed by atoms with Gasteiger partial charge < -0.3 is 5.11 Å². The van der Waals surface area contributed by atoms with E-state index in [0.717, 1.165) is 12.8 Å². The lowest BCUT2D eigenvalue weighted by molar-refractivity contribution is -0.0192. The van der Waals surface area contributed by atoms with Gasteiger partial charge in [0.2, 0.25) is 0 Å². The minimum Gasteiger partial charge on any atom is -0.390 e. The molecule has 0 unspecified atom stereocenters. The van der Waals surface area contributed by atoms with Crippen LogP contribution in [0, 0.1) is 0 Å². The van der Waals surface area contributed by atoms with Crippen LogP contribution in [0.25, 0.3) is 0 Å². The molecule has 0 aliphatic heterocycles. The number of hydrogen-bond acceptors (Lipinski definition) is 5. The van der Waals surface area contributed by atoms with Gasteiger partial charge in [-0.05, 0) is 26.7 Å². The van der Waals surface area contributed by atoms with Crippen LogP contribution in [0.4, 0.5) is 0 Å². The largest absolute Gasteiger partial charge is 0.475 e. The summed E-state index contributed by atoms with van der Waals surface area (Å²) in [5.74, 6) is 0. The quantitative estimate of drug-likeness (QED) is 0.736. The summed E-state index contributed by atoms with van der Waals surface area (Å²) in [5.41, 5.74) is 0. The molecule has 0 heterocycles. The Morgan fingerprint density at radius 3 is 2.25 bits per heavy atom. The van der Waals surface area contributed by atoms with Gasteiger partial charge >= 0.3 is 7.82 Å². The van der Waals surface area contributed by atoms with Crippen molar-refractivity contribution in [2.75, 3.05) is 13.2 Å². The summed E-state index contributed by atoms with van der Waals surface area (Å²) in [4.78, 5) is 0. The standard InChI is InChI=1S/C10H21O5P/c1-3-13-16(12,14-4-2)15-10-8-6-5-7-9(10)11/h9-11H,3-8H2,1-2H3/t9-,10+/m1/s1. The highest BCUT2D eigenvalue weighted by Gasteiger charge is 2.34. The molecule has 96 valence electrons. The van der Waals surface area contributed by atoms with E-state index in [1.807, 2.05) is 0 Å². The molecule has 0 radical (unpaired) electrons. The van der Waals surface area contributed by atoms with E-state index in [4.69, 9.17) is 13.6 Å². The van der Waals surface area contributed by atoms with E-state index in [9.17, 15) is 9.67 Å². The van der Waals surface area contributed by atoms with Crippen molar-refractivity contribution in [1.82, 2.24) is 0 Å². The Morgan fingerprint density at radius 2 is 1.75 bits per heavy atom. The number of aliphatic hydroxyl groups excluding tert-OH is 1. The van der Waals surface area contributed by atoms with Crippen LogP contribution >= 0.6 is 7.82 Å². The molecular formula is C10H21O5P. The summed E-state index contributed by atoms with van der Waals surface area (Å²) >= 11 is 0. The zero-order chi connectivity index (χ0) is 12.0. The molecule has 0 amide bonds. The van der Waals surface area contributed by atoms with E-state index in [2.05, 4.69) is 0 Å². The van der Waals surface area contributed by atoms with Gasteiger partial charge in [-0.1, -0.05) is 12.8 Å². The highest BCUT2D eigenvalue weighted by Crippen LogP contribution is 2.51. The summed E-state index contributed by atoms with van der Waals surface area (Å²) in [6.07, 6.45) is 2.34. The molecule has 6 heteroatoms. The fraction of sp³-hybridized carbons (Fsp3) is 1.00. The van der Waals surface area contributed by atoms with Gasteiger partial charge in [0.1, 0.15) is 0 Å². The minimum atomic E-state index is -3.49.